The van der Waals surface area contributed by atoms with Crippen molar-refractivity contribution in [2.45, 2.75) is 44.7 Å². The summed E-state index contributed by atoms with van der Waals surface area (Å²) in [5.41, 5.74) is 1.76. The van der Waals surface area contributed by atoms with Gasteiger partial charge in [-0.15, -0.1) is 11.3 Å². The standard InChI is InChI=1S/C18H23N3O2S/c1-12-11-24-17(19-12)16(13-2-3-13)20-15-4-7-21(8-5-15)18(22)14-6-9-23-10-14/h6,9-11,13,15-16,20H,2-5,7-8H2,1H3. The van der Waals surface area contributed by atoms with Crippen molar-refractivity contribution in [3.63, 3.8) is 0 Å². The number of amides is 1. The molecule has 3 heterocycles. The van der Waals surface area contributed by atoms with E-state index in [-0.39, 0.29) is 5.91 Å². The van der Waals surface area contributed by atoms with Gasteiger partial charge >= 0.3 is 0 Å². The number of rotatable bonds is 5. The van der Waals surface area contributed by atoms with Gasteiger partial charge in [0.05, 0.1) is 17.9 Å². The molecule has 4 rings (SSSR count). The maximum atomic E-state index is 12.4. The highest BCUT2D eigenvalue weighted by molar-refractivity contribution is 7.09. The highest BCUT2D eigenvalue weighted by Gasteiger charge is 2.36. The lowest BCUT2D eigenvalue weighted by atomic mass is 10.0. The number of thiazole rings is 1. The van der Waals surface area contributed by atoms with Crippen LogP contribution in [0.15, 0.2) is 28.4 Å². The first-order chi connectivity index (χ1) is 11.7. The van der Waals surface area contributed by atoms with E-state index in [1.165, 1.54) is 24.1 Å². The Bertz CT molecular complexity index is 685. The molecule has 128 valence electrons. The van der Waals surface area contributed by atoms with Crippen LogP contribution in [0.2, 0.25) is 0 Å². The lowest BCUT2D eigenvalue weighted by Crippen LogP contribution is -2.46. The molecule has 2 aromatic rings. The molecule has 5 nitrogen and oxygen atoms in total. The Morgan fingerprint density at radius 1 is 1.38 bits per heavy atom. The van der Waals surface area contributed by atoms with E-state index in [1.54, 1.807) is 23.7 Å². The summed E-state index contributed by atoms with van der Waals surface area (Å²) in [4.78, 5) is 19.0. The van der Waals surface area contributed by atoms with E-state index in [0.29, 0.717) is 17.6 Å². The highest BCUT2D eigenvalue weighted by atomic mass is 32.1. The summed E-state index contributed by atoms with van der Waals surface area (Å²) < 4.78 is 5.02. The zero-order valence-corrected chi connectivity index (χ0v) is 14.7. The van der Waals surface area contributed by atoms with Crippen LogP contribution in [-0.4, -0.2) is 34.9 Å². The van der Waals surface area contributed by atoms with Crippen LogP contribution in [0.4, 0.5) is 0 Å². The number of nitrogens with zero attached hydrogens (tertiary/aromatic N) is 2. The van der Waals surface area contributed by atoms with Crippen molar-refractivity contribution >= 4 is 17.2 Å². The summed E-state index contributed by atoms with van der Waals surface area (Å²) in [6.45, 7) is 3.66. The summed E-state index contributed by atoms with van der Waals surface area (Å²) in [5, 5.41) is 7.20. The Kier molecular flexibility index (Phi) is 4.41. The molecule has 24 heavy (non-hydrogen) atoms. The lowest BCUT2D eigenvalue weighted by molar-refractivity contribution is 0.0699. The van der Waals surface area contributed by atoms with Gasteiger partial charge in [-0.25, -0.2) is 4.98 Å². The molecular formula is C18H23N3O2S. The van der Waals surface area contributed by atoms with Crippen molar-refractivity contribution in [2.24, 2.45) is 5.92 Å². The van der Waals surface area contributed by atoms with Crippen molar-refractivity contribution in [3.8, 4) is 0 Å². The molecular weight excluding hydrogens is 322 g/mol. The number of carbonyl (C=O) groups is 1. The minimum atomic E-state index is 0.0801. The molecule has 0 bridgehead atoms. The second-order valence-electron chi connectivity index (χ2n) is 6.89. The minimum Gasteiger partial charge on any atom is -0.472 e. The number of hydrogen-bond acceptors (Lipinski definition) is 5. The molecule has 0 radical (unpaired) electrons. The largest absolute Gasteiger partial charge is 0.472 e. The fraction of sp³-hybridized carbons (Fsp3) is 0.556. The molecule has 1 amide bonds. The SMILES string of the molecule is Cc1csc(C(NC2CCN(C(=O)c3ccoc3)CC2)C2CC2)n1. The van der Waals surface area contributed by atoms with Crippen LogP contribution in [0.1, 0.15) is 52.8 Å². The predicted molar refractivity (Wildman–Crippen MR) is 93.1 cm³/mol. The monoisotopic (exact) mass is 345 g/mol. The first kappa shape index (κ1) is 15.8. The van der Waals surface area contributed by atoms with Crippen molar-refractivity contribution in [1.29, 1.82) is 0 Å². The summed E-state index contributed by atoms with van der Waals surface area (Å²) in [7, 11) is 0. The van der Waals surface area contributed by atoms with Crippen LogP contribution in [0.5, 0.6) is 0 Å². The Hall–Kier alpha value is -1.66. The maximum absolute atomic E-state index is 12.4. The fourth-order valence-corrected chi connectivity index (χ4v) is 4.37. The molecule has 2 fully saturated rings. The third-order valence-electron chi connectivity index (χ3n) is 4.96. The van der Waals surface area contributed by atoms with Crippen molar-refractivity contribution < 1.29 is 9.21 Å². The van der Waals surface area contributed by atoms with Gasteiger partial charge in [0.25, 0.3) is 5.91 Å². The molecule has 6 heteroatoms. The smallest absolute Gasteiger partial charge is 0.257 e. The second-order valence-corrected chi connectivity index (χ2v) is 7.78. The van der Waals surface area contributed by atoms with E-state index in [4.69, 9.17) is 9.40 Å². The maximum Gasteiger partial charge on any atom is 0.257 e. The van der Waals surface area contributed by atoms with Gasteiger partial charge in [0.2, 0.25) is 0 Å². The van der Waals surface area contributed by atoms with Gasteiger partial charge in [-0.05, 0) is 44.6 Å². The van der Waals surface area contributed by atoms with Crippen molar-refractivity contribution in [1.82, 2.24) is 15.2 Å². The number of nitrogens with one attached hydrogen (secondary N) is 1. The molecule has 2 aliphatic rings. The second kappa shape index (κ2) is 6.69. The number of likely N-dealkylation sites (tertiary alicyclic amines) is 1. The third-order valence-corrected chi connectivity index (χ3v) is 6.01. The van der Waals surface area contributed by atoms with Crippen LogP contribution in [0.25, 0.3) is 0 Å². The molecule has 2 aromatic heterocycles. The van der Waals surface area contributed by atoms with Gasteiger partial charge in [-0.3, -0.25) is 4.79 Å². The molecule has 1 unspecified atom stereocenters. The van der Waals surface area contributed by atoms with Gasteiger partial charge in [-0.2, -0.15) is 0 Å². The number of carbonyl (C=O) groups excluding carboxylic acids is 1. The molecule has 1 atom stereocenters. The zero-order chi connectivity index (χ0) is 16.5. The third kappa shape index (κ3) is 3.39. The fourth-order valence-electron chi connectivity index (χ4n) is 3.43. The lowest BCUT2D eigenvalue weighted by Gasteiger charge is -2.34. The van der Waals surface area contributed by atoms with E-state index in [9.17, 15) is 4.79 Å². The summed E-state index contributed by atoms with van der Waals surface area (Å²) in [5.74, 6) is 0.817. The number of aryl methyl sites for hydroxylation is 1. The van der Waals surface area contributed by atoms with Crippen LogP contribution >= 0.6 is 11.3 Å². The summed E-state index contributed by atoms with van der Waals surface area (Å²) in [6, 6.07) is 2.60. The van der Waals surface area contributed by atoms with E-state index in [0.717, 1.165) is 37.5 Å². The first-order valence-corrected chi connectivity index (χ1v) is 9.58. The van der Waals surface area contributed by atoms with E-state index in [1.807, 2.05) is 4.90 Å². The molecule has 1 saturated carbocycles. The molecule has 1 N–H and O–H groups in total. The topological polar surface area (TPSA) is 58.4 Å². The Balaban J connectivity index is 1.34. The number of aromatic nitrogens is 1. The van der Waals surface area contributed by atoms with Gasteiger partial charge < -0.3 is 14.6 Å². The van der Waals surface area contributed by atoms with Crippen molar-refractivity contribution in [2.75, 3.05) is 13.1 Å². The quantitative estimate of drug-likeness (QED) is 0.902. The van der Waals surface area contributed by atoms with Crippen LogP contribution in [-0.2, 0) is 0 Å². The minimum absolute atomic E-state index is 0.0801. The van der Waals surface area contributed by atoms with Crippen LogP contribution in [0, 0.1) is 12.8 Å². The highest BCUT2D eigenvalue weighted by Crippen LogP contribution is 2.42. The molecule has 0 spiro atoms. The normalized spacial score (nSPS) is 20.3. The molecule has 1 aliphatic heterocycles. The van der Waals surface area contributed by atoms with E-state index < -0.39 is 0 Å². The number of furan rings is 1. The molecule has 0 aromatic carbocycles. The van der Waals surface area contributed by atoms with Gasteiger partial charge in [0, 0.05) is 30.2 Å². The summed E-state index contributed by atoms with van der Waals surface area (Å²) in [6.07, 6.45) is 7.68. The number of hydrogen-bond donors (Lipinski definition) is 1. The van der Waals surface area contributed by atoms with Crippen molar-refractivity contribution in [3.05, 3.63) is 40.2 Å². The molecule has 1 aliphatic carbocycles. The average molecular weight is 345 g/mol. The Morgan fingerprint density at radius 3 is 2.75 bits per heavy atom. The number of piperidine rings is 1. The summed E-state index contributed by atoms with van der Waals surface area (Å²) >= 11 is 1.77. The Morgan fingerprint density at radius 2 is 2.17 bits per heavy atom. The first-order valence-electron chi connectivity index (χ1n) is 8.70. The van der Waals surface area contributed by atoms with E-state index in [2.05, 4.69) is 17.6 Å². The van der Waals surface area contributed by atoms with Gasteiger partial charge in [-0.1, -0.05) is 0 Å². The van der Waals surface area contributed by atoms with E-state index >= 15 is 0 Å². The van der Waals surface area contributed by atoms with Crippen LogP contribution in [0.3, 0.4) is 0 Å². The van der Waals surface area contributed by atoms with Gasteiger partial charge in [0.1, 0.15) is 11.3 Å². The average Bonchev–Trinajstić information content (AvgIpc) is 3.10. The predicted octanol–water partition coefficient (Wildman–Crippen LogP) is 3.39. The van der Waals surface area contributed by atoms with Crippen LogP contribution < -0.4 is 5.32 Å². The van der Waals surface area contributed by atoms with Gasteiger partial charge in [0.15, 0.2) is 0 Å². The zero-order valence-electron chi connectivity index (χ0n) is 13.9. The molecule has 1 saturated heterocycles. The Labute approximate surface area is 146 Å².